The van der Waals surface area contributed by atoms with E-state index in [1.165, 1.54) is 0 Å². The molecular weight excluding hydrogens is 514 g/mol. The molecule has 2 aromatic rings. The molecule has 3 aliphatic rings. The Hall–Kier alpha value is -4.19. The molecule has 4 amide bonds. The second kappa shape index (κ2) is 11.9. The Bertz CT molecular complexity index is 1290. The van der Waals surface area contributed by atoms with Crippen molar-refractivity contribution in [3.63, 3.8) is 0 Å². The molecule has 3 aliphatic heterocycles. The van der Waals surface area contributed by atoms with E-state index in [1.54, 1.807) is 18.5 Å². The molecule has 0 radical (unpaired) electrons. The van der Waals surface area contributed by atoms with Gasteiger partial charge in [-0.15, -0.1) is 0 Å². The second-order valence-corrected chi connectivity index (χ2v) is 10.6. The Kier molecular flexibility index (Phi) is 8.15. The van der Waals surface area contributed by atoms with E-state index in [2.05, 4.69) is 30.0 Å². The largest absolute Gasteiger partial charge is 0.369 e. The van der Waals surface area contributed by atoms with Crippen molar-refractivity contribution in [2.45, 2.75) is 32.2 Å². The van der Waals surface area contributed by atoms with E-state index in [9.17, 15) is 24.0 Å². The summed E-state index contributed by atoms with van der Waals surface area (Å²) >= 11 is 0. The number of imide groups is 2. The lowest BCUT2D eigenvalue weighted by Crippen LogP contribution is -2.53. The minimum Gasteiger partial charge on any atom is -0.369 e. The molecule has 210 valence electrons. The minimum absolute atomic E-state index is 0.0849. The fourth-order valence-corrected chi connectivity index (χ4v) is 5.71. The monoisotopic (exact) mass is 547 g/mol. The van der Waals surface area contributed by atoms with Gasteiger partial charge in [0.05, 0.1) is 5.56 Å². The first-order valence-corrected chi connectivity index (χ1v) is 13.6. The summed E-state index contributed by atoms with van der Waals surface area (Å²) in [6.45, 7) is 8.19. The number of piperidine rings is 1. The van der Waals surface area contributed by atoms with Gasteiger partial charge in [0.15, 0.2) is 6.29 Å². The van der Waals surface area contributed by atoms with E-state index >= 15 is 0 Å². The maximum Gasteiger partial charge on any atom is 0.261 e. The number of rotatable bonds is 8. The number of aryl methyl sites for hydroxylation is 1. The zero-order valence-corrected chi connectivity index (χ0v) is 22.5. The molecule has 40 heavy (non-hydrogen) atoms. The smallest absolute Gasteiger partial charge is 0.261 e. The van der Waals surface area contributed by atoms with Gasteiger partial charge >= 0.3 is 0 Å². The second-order valence-electron chi connectivity index (χ2n) is 10.6. The van der Waals surface area contributed by atoms with Crippen LogP contribution < -0.4 is 15.1 Å². The molecule has 3 fully saturated rings. The highest BCUT2D eigenvalue weighted by molar-refractivity contribution is 6.07. The Morgan fingerprint density at radius 3 is 2.45 bits per heavy atom. The van der Waals surface area contributed by atoms with Crippen LogP contribution in [0, 0.1) is 12.8 Å². The zero-order valence-electron chi connectivity index (χ0n) is 22.5. The third-order valence-corrected chi connectivity index (χ3v) is 7.95. The molecule has 0 saturated carbocycles. The summed E-state index contributed by atoms with van der Waals surface area (Å²) in [7, 11) is 0. The van der Waals surface area contributed by atoms with Crippen LogP contribution in [0.3, 0.4) is 0 Å². The number of nitrogens with zero attached hydrogens (tertiary/aromatic N) is 6. The van der Waals surface area contributed by atoms with Gasteiger partial charge in [-0.1, -0.05) is 0 Å². The number of aldehydes is 1. The molecule has 3 saturated heterocycles. The maximum atomic E-state index is 13.1. The van der Waals surface area contributed by atoms with Crippen molar-refractivity contribution in [1.82, 2.24) is 25.1 Å². The number of anilines is 2. The summed E-state index contributed by atoms with van der Waals surface area (Å²) < 4.78 is 0. The van der Waals surface area contributed by atoms with Gasteiger partial charge in [-0.25, -0.2) is 9.97 Å². The molecule has 5 rings (SSSR count). The average Bonchev–Trinajstić information content (AvgIpc) is 3.43. The molecule has 2 unspecified atom stereocenters. The fourth-order valence-electron chi connectivity index (χ4n) is 5.71. The van der Waals surface area contributed by atoms with Crippen molar-refractivity contribution in [3.05, 3.63) is 47.3 Å². The average molecular weight is 548 g/mol. The van der Waals surface area contributed by atoms with Crippen LogP contribution in [0.4, 0.5) is 11.6 Å². The number of piperazine rings is 1. The number of aromatic nitrogens is 2. The van der Waals surface area contributed by atoms with E-state index in [0.717, 1.165) is 74.7 Å². The number of carbonyl (C=O) groups is 5. The fraction of sp³-hybridized carbons (Fsp3) is 0.464. The minimum atomic E-state index is -0.989. The van der Waals surface area contributed by atoms with Gasteiger partial charge in [0.1, 0.15) is 6.04 Å². The highest BCUT2D eigenvalue weighted by Crippen LogP contribution is 2.25. The predicted molar refractivity (Wildman–Crippen MR) is 146 cm³/mol. The molecule has 12 heteroatoms. The van der Waals surface area contributed by atoms with Crippen molar-refractivity contribution in [2.24, 2.45) is 5.92 Å². The maximum absolute atomic E-state index is 13.1. The lowest BCUT2D eigenvalue weighted by Gasteiger charge is -2.37. The molecule has 4 heterocycles. The lowest BCUT2D eigenvalue weighted by molar-refractivity contribution is -0.139. The normalized spacial score (nSPS) is 21.7. The van der Waals surface area contributed by atoms with Crippen LogP contribution in [0.1, 0.15) is 45.5 Å². The number of nitrogens with one attached hydrogen (secondary N) is 1. The summed E-state index contributed by atoms with van der Waals surface area (Å²) in [5, 5.41) is 2.20. The van der Waals surface area contributed by atoms with Crippen LogP contribution in [0.5, 0.6) is 0 Å². The SMILES string of the molecule is Cc1cc(N2CCN(CC3CCN(c4ncc(C=O)cn4)C3)CC2)ccc1C(=O)N(C=O)C1CCC(=O)NC1=O. The molecule has 2 atom stereocenters. The van der Waals surface area contributed by atoms with Gasteiger partial charge in [-0.05, 0) is 49.4 Å². The van der Waals surface area contributed by atoms with E-state index in [0.29, 0.717) is 29.4 Å². The zero-order chi connectivity index (χ0) is 28.2. The number of hydrogen-bond acceptors (Lipinski definition) is 10. The summed E-state index contributed by atoms with van der Waals surface area (Å²) in [5.41, 5.74) is 2.56. The standard InChI is InChI=1S/C28H33N7O5/c1-19-12-22(2-3-23(19)27(40)35(18-37)24-4-5-25(38)31-26(24)39)33-10-8-32(9-11-33)15-20-6-7-34(16-20)28-29-13-21(17-36)14-30-28/h2-3,12-14,17-18,20,24H,4-11,15-16H2,1H3,(H,31,38,39). The van der Waals surface area contributed by atoms with Gasteiger partial charge in [0.25, 0.3) is 5.91 Å². The molecule has 1 aromatic carbocycles. The van der Waals surface area contributed by atoms with Crippen molar-refractivity contribution >= 4 is 42.1 Å². The topological polar surface area (TPSA) is 136 Å². The first-order valence-electron chi connectivity index (χ1n) is 13.6. The van der Waals surface area contributed by atoms with Crippen LogP contribution in [-0.2, 0) is 14.4 Å². The van der Waals surface area contributed by atoms with Crippen molar-refractivity contribution in [1.29, 1.82) is 0 Å². The summed E-state index contributed by atoms with van der Waals surface area (Å²) in [6.07, 6.45) is 5.51. The van der Waals surface area contributed by atoms with Gasteiger partial charge in [0.2, 0.25) is 24.2 Å². The lowest BCUT2D eigenvalue weighted by atomic mass is 10.0. The third kappa shape index (κ3) is 5.86. The van der Waals surface area contributed by atoms with Crippen LogP contribution in [0.15, 0.2) is 30.6 Å². The molecule has 0 aliphatic carbocycles. The molecule has 0 bridgehead atoms. The van der Waals surface area contributed by atoms with Gasteiger partial charge in [-0.2, -0.15) is 0 Å². The quantitative estimate of drug-likeness (QED) is 0.371. The molecular formula is C28H33N7O5. The Labute approximate surface area is 232 Å². The molecule has 1 N–H and O–H groups in total. The number of carbonyl (C=O) groups excluding carboxylic acids is 5. The predicted octanol–water partition coefficient (Wildman–Crippen LogP) is 0.650. The van der Waals surface area contributed by atoms with Gasteiger partial charge < -0.3 is 9.80 Å². The molecule has 12 nitrogen and oxygen atoms in total. The van der Waals surface area contributed by atoms with E-state index in [-0.39, 0.29) is 12.8 Å². The Morgan fingerprint density at radius 2 is 1.80 bits per heavy atom. The number of benzene rings is 1. The first kappa shape index (κ1) is 27.4. The van der Waals surface area contributed by atoms with Crippen LogP contribution >= 0.6 is 0 Å². The van der Waals surface area contributed by atoms with Crippen LogP contribution in [-0.4, -0.2) is 102 Å². The Balaban J connectivity index is 1.14. The summed E-state index contributed by atoms with van der Waals surface area (Å²) in [4.78, 5) is 75.9. The van der Waals surface area contributed by atoms with E-state index in [1.807, 2.05) is 19.1 Å². The molecule has 1 aromatic heterocycles. The summed E-state index contributed by atoms with van der Waals surface area (Å²) in [6, 6.07) is 4.55. The van der Waals surface area contributed by atoms with Crippen molar-refractivity contribution < 1.29 is 24.0 Å². The third-order valence-electron chi connectivity index (χ3n) is 7.95. The van der Waals surface area contributed by atoms with Crippen LogP contribution in [0.25, 0.3) is 0 Å². The Morgan fingerprint density at radius 1 is 1.05 bits per heavy atom. The van der Waals surface area contributed by atoms with E-state index in [4.69, 9.17) is 0 Å². The first-order chi connectivity index (χ1) is 19.4. The number of amides is 4. The highest BCUT2D eigenvalue weighted by atomic mass is 16.2. The van der Waals surface area contributed by atoms with Gasteiger partial charge in [-0.3, -0.25) is 39.1 Å². The van der Waals surface area contributed by atoms with Crippen LogP contribution in [0.2, 0.25) is 0 Å². The van der Waals surface area contributed by atoms with Crippen molar-refractivity contribution in [3.8, 4) is 0 Å². The molecule has 0 spiro atoms. The van der Waals surface area contributed by atoms with E-state index < -0.39 is 23.8 Å². The van der Waals surface area contributed by atoms with Gasteiger partial charge in [0, 0.05) is 75.9 Å². The number of hydrogen-bond donors (Lipinski definition) is 1. The summed E-state index contributed by atoms with van der Waals surface area (Å²) in [5.74, 6) is -0.380. The van der Waals surface area contributed by atoms with Crippen molar-refractivity contribution in [2.75, 3.05) is 55.6 Å². The highest BCUT2D eigenvalue weighted by Gasteiger charge is 2.35.